The van der Waals surface area contributed by atoms with Crippen molar-refractivity contribution in [2.45, 2.75) is 26.3 Å². The molecule has 0 saturated heterocycles. The molecular formula is C19H22N4O3S. The number of aromatic nitrogens is 1. The fraction of sp³-hybridized carbons (Fsp3) is 0.316. The van der Waals surface area contributed by atoms with Crippen LogP contribution in [-0.2, 0) is 13.0 Å². The normalized spacial score (nSPS) is 10.8. The van der Waals surface area contributed by atoms with Crippen molar-refractivity contribution < 1.29 is 14.1 Å². The second-order valence-corrected chi connectivity index (χ2v) is 7.49. The van der Waals surface area contributed by atoms with Gasteiger partial charge in [-0.3, -0.25) is 4.79 Å². The number of carbonyl (C=O) groups excluding carboxylic acids is 2. The fourth-order valence-electron chi connectivity index (χ4n) is 2.60. The molecule has 2 aromatic heterocycles. The summed E-state index contributed by atoms with van der Waals surface area (Å²) in [7, 11) is 3.45. The lowest BCUT2D eigenvalue weighted by atomic mass is 10.2. The maximum atomic E-state index is 12.1. The first kappa shape index (κ1) is 18.9. The molecule has 0 spiro atoms. The molecule has 0 bridgehead atoms. The number of urea groups is 1. The van der Waals surface area contributed by atoms with Crippen LogP contribution < -0.4 is 10.6 Å². The van der Waals surface area contributed by atoms with Crippen molar-refractivity contribution in [2.75, 3.05) is 19.4 Å². The van der Waals surface area contributed by atoms with Gasteiger partial charge in [0.15, 0.2) is 5.76 Å². The van der Waals surface area contributed by atoms with E-state index in [0.717, 1.165) is 28.6 Å². The average molecular weight is 386 g/mol. The maximum Gasteiger partial charge on any atom is 0.319 e. The Morgan fingerprint density at radius 1 is 1.22 bits per heavy atom. The molecular weight excluding hydrogens is 364 g/mol. The Labute approximate surface area is 161 Å². The van der Waals surface area contributed by atoms with Gasteiger partial charge >= 0.3 is 6.03 Å². The highest BCUT2D eigenvalue weighted by molar-refractivity contribution is 7.20. The van der Waals surface area contributed by atoms with Crippen molar-refractivity contribution in [3.05, 3.63) is 46.7 Å². The Bertz CT molecular complexity index is 961. The van der Waals surface area contributed by atoms with Crippen LogP contribution in [0.15, 0.2) is 34.9 Å². The smallest absolute Gasteiger partial charge is 0.319 e. The number of fused-ring (bicyclic) bond motifs is 1. The number of rotatable bonds is 6. The molecule has 8 heteroatoms. The Hall–Kier alpha value is -2.87. The number of anilines is 1. The van der Waals surface area contributed by atoms with Crippen LogP contribution in [0.2, 0.25) is 0 Å². The van der Waals surface area contributed by atoms with E-state index in [2.05, 4.69) is 22.7 Å². The van der Waals surface area contributed by atoms with Gasteiger partial charge in [-0.05, 0) is 36.1 Å². The minimum Gasteiger partial charge on any atom is -0.359 e. The topological polar surface area (TPSA) is 87.5 Å². The summed E-state index contributed by atoms with van der Waals surface area (Å²) >= 11 is 1.44. The molecule has 2 heterocycles. The SMILES string of the molecule is CCCc1cc(CNC(=O)Nc2ccc3sc(C(=O)N(C)C)cc3c2)on1. The van der Waals surface area contributed by atoms with Gasteiger partial charge in [0.25, 0.3) is 5.91 Å². The van der Waals surface area contributed by atoms with Gasteiger partial charge in [-0.15, -0.1) is 11.3 Å². The van der Waals surface area contributed by atoms with Crippen molar-refractivity contribution in [2.24, 2.45) is 0 Å². The molecule has 7 nitrogen and oxygen atoms in total. The Balaban J connectivity index is 1.61. The number of nitrogens with one attached hydrogen (secondary N) is 2. The quantitative estimate of drug-likeness (QED) is 0.673. The van der Waals surface area contributed by atoms with E-state index < -0.39 is 0 Å². The summed E-state index contributed by atoms with van der Waals surface area (Å²) in [6, 6.07) is 8.93. The number of hydrogen-bond acceptors (Lipinski definition) is 5. The third-order valence-electron chi connectivity index (χ3n) is 3.93. The van der Waals surface area contributed by atoms with Gasteiger partial charge in [0.05, 0.1) is 17.1 Å². The van der Waals surface area contributed by atoms with E-state index in [1.165, 1.54) is 11.3 Å². The van der Waals surface area contributed by atoms with Gasteiger partial charge < -0.3 is 20.1 Å². The van der Waals surface area contributed by atoms with Gasteiger partial charge in [-0.2, -0.15) is 0 Å². The van der Waals surface area contributed by atoms with E-state index in [1.54, 1.807) is 19.0 Å². The molecule has 3 aromatic rings. The molecule has 0 fully saturated rings. The minimum absolute atomic E-state index is 0.0297. The van der Waals surface area contributed by atoms with Crippen LogP contribution >= 0.6 is 11.3 Å². The highest BCUT2D eigenvalue weighted by atomic mass is 32.1. The lowest BCUT2D eigenvalue weighted by Crippen LogP contribution is -2.27. The van der Waals surface area contributed by atoms with Crippen LogP contribution in [0, 0.1) is 0 Å². The molecule has 3 amide bonds. The van der Waals surface area contributed by atoms with Crippen molar-refractivity contribution in [3.63, 3.8) is 0 Å². The first-order valence-electron chi connectivity index (χ1n) is 8.71. The number of amides is 3. The molecule has 2 N–H and O–H groups in total. The van der Waals surface area contributed by atoms with E-state index in [-0.39, 0.29) is 18.5 Å². The van der Waals surface area contributed by atoms with Crippen LogP contribution in [0.3, 0.4) is 0 Å². The first-order valence-corrected chi connectivity index (χ1v) is 9.52. The molecule has 1 aromatic carbocycles. The molecule has 0 radical (unpaired) electrons. The highest BCUT2D eigenvalue weighted by Crippen LogP contribution is 2.28. The molecule has 27 heavy (non-hydrogen) atoms. The largest absolute Gasteiger partial charge is 0.359 e. The zero-order valence-corrected chi connectivity index (χ0v) is 16.4. The van der Waals surface area contributed by atoms with Gasteiger partial charge in [0.1, 0.15) is 0 Å². The molecule has 0 aliphatic rings. The standard InChI is InChI=1S/C19H22N4O3S/c1-4-5-14-10-15(26-22-14)11-20-19(25)21-13-6-7-16-12(8-13)9-17(27-16)18(24)23(2)3/h6-10H,4-5,11H2,1-3H3,(H2,20,21,25). The lowest BCUT2D eigenvalue weighted by Gasteiger charge is -2.06. The van der Waals surface area contributed by atoms with Crippen LogP contribution in [0.25, 0.3) is 10.1 Å². The average Bonchev–Trinajstić information content (AvgIpc) is 3.25. The second kappa shape index (κ2) is 8.22. The maximum absolute atomic E-state index is 12.1. The van der Waals surface area contributed by atoms with Gasteiger partial charge in [0.2, 0.25) is 0 Å². The number of thiophene rings is 1. The summed E-state index contributed by atoms with van der Waals surface area (Å²) in [5, 5.41) is 10.4. The van der Waals surface area contributed by atoms with Crippen molar-refractivity contribution >= 4 is 39.0 Å². The van der Waals surface area contributed by atoms with Gasteiger partial charge in [-0.1, -0.05) is 18.5 Å². The van der Waals surface area contributed by atoms with Gasteiger partial charge in [-0.25, -0.2) is 4.79 Å². The summed E-state index contributed by atoms with van der Waals surface area (Å²) in [6.07, 6.45) is 1.85. The zero-order chi connectivity index (χ0) is 19.4. The number of carbonyl (C=O) groups is 2. The van der Waals surface area contributed by atoms with Crippen LogP contribution in [-0.4, -0.2) is 36.1 Å². The van der Waals surface area contributed by atoms with Crippen molar-refractivity contribution in [1.82, 2.24) is 15.4 Å². The number of benzene rings is 1. The first-order chi connectivity index (χ1) is 13.0. The summed E-state index contributed by atoms with van der Waals surface area (Å²) in [4.78, 5) is 26.4. The predicted octanol–water partition coefficient (Wildman–Crippen LogP) is 3.87. The molecule has 0 aliphatic heterocycles. The third kappa shape index (κ3) is 4.65. The van der Waals surface area contributed by atoms with Crippen LogP contribution in [0.4, 0.5) is 10.5 Å². The monoisotopic (exact) mass is 386 g/mol. The molecule has 3 rings (SSSR count). The zero-order valence-electron chi connectivity index (χ0n) is 15.5. The van der Waals surface area contributed by atoms with E-state index in [9.17, 15) is 9.59 Å². The van der Waals surface area contributed by atoms with Crippen molar-refractivity contribution in [3.8, 4) is 0 Å². The molecule has 142 valence electrons. The number of aryl methyl sites for hydroxylation is 1. The van der Waals surface area contributed by atoms with E-state index in [1.807, 2.05) is 30.3 Å². The lowest BCUT2D eigenvalue weighted by molar-refractivity contribution is 0.0832. The number of nitrogens with zero attached hydrogens (tertiary/aromatic N) is 2. The number of hydrogen-bond donors (Lipinski definition) is 2. The van der Waals surface area contributed by atoms with E-state index in [4.69, 9.17) is 4.52 Å². The van der Waals surface area contributed by atoms with E-state index >= 15 is 0 Å². The van der Waals surface area contributed by atoms with Crippen molar-refractivity contribution in [1.29, 1.82) is 0 Å². The van der Waals surface area contributed by atoms with E-state index in [0.29, 0.717) is 16.3 Å². The fourth-order valence-corrected chi connectivity index (χ4v) is 3.67. The van der Waals surface area contributed by atoms with Crippen LogP contribution in [0.1, 0.15) is 34.5 Å². The summed E-state index contributed by atoms with van der Waals surface area (Å²) < 4.78 is 6.19. The van der Waals surface area contributed by atoms with Gasteiger partial charge in [0, 0.05) is 30.5 Å². The van der Waals surface area contributed by atoms with Crippen LogP contribution in [0.5, 0.6) is 0 Å². The molecule has 0 unspecified atom stereocenters. The minimum atomic E-state index is -0.331. The highest BCUT2D eigenvalue weighted by Gasteiger charge is 2.13. The summed E-state index contributed by atoms with van der Waals surface area (Å²) in [5.74, 6) is 0.590. The second-order valence-electron chi connectivity index (χ2n) is 6.41. The summed E-state index contributed by atoms with van der Waals surface area (Å²) in [6.45, 7) is 2.34. The summed E-state index contributed by atoms with van der Waals surface area (Å²) in [5.41, 5.74) is 1.55. The predicted molar refractivity (Wildman–Crippen MR) is 106 cm³/mol. The molecule has 0 atom stereocenters. The Kier molecular flexibility index (Phi) is 5.75. The molecule has 0 saturated carbocycles. The Morgan fingerprint density at radius 3 is 2.78 bits per heavy atom. The Morgan fingerprint density at radius 2 is 2.04 bits per heavy atom. The third-order valence-corrected chi connectivity index (χ3v) is 5.03. The molecule has 0 aliphatic carbocycles.